The van der Waals surface area contributed by atoms with Crippen LogP contribution in [0.1, 0.15) is 30.9 Å². The molecule has 1 unspecified atom stereocenters. The molecule has 0 fully saturated rings. The van der Waals surface area contributed by atoms with Crippen molar-refractivity contribution in [2.75, 3.05) is 31.6 Å². The van der Waals surface area contributed by atoms with Gasteiger partial charge in [-0.25, -0.2) is 8.42 Å². The first-order chi connectivity index (χ1) is 22.7. The van der Waals surface area contributed by atoms with E-state index in [4.69, 9.17) is 21.1 Å². The highest BCUT2D eigenvalue weighted by atomic mass is 35.5. The quantitative estimate of drug-likeness (QED) is 0.144. The third-order valence-electron chi connectivity index (χ3n) is 7.66. The van der Waals surface area contributed by atoms with Gasteiger partial charge < -0.3 is 19.7 Å². The number of rotatable bonds is 16. The third kappa shape index (κ3) is 9.05. The summed E-state index contributed by atoms with van der Waals surface area (Å²) in [6.07, 6.45) is 1.84. The van der Waals surface area contributed by atoms with Crippen LogP contribution < -0.4 is 19.1 Å². The van der Waals surface area contributed by atoms with E-state index in [-0.39, 0.29) is 35.2 Å². The van der Waals surface area contributed by atoms with Crippen LogP contribution in [0.5, 0.6) is 11.5 Å². The number of carbonyl (C=O) groups excluding carboxylic acids is 2. The van der Waals surface area contributed by atoms with Gasteiger partial charge in [-0.2, -0.15) is 0 Å². The average molecular weight is 678 g/mol. The minimum absolute atomic E-state index is 0.0199. The van der Waals surface area contributed by atoms with Crippen molar-refractivity contribution < 1.29 is 27.5 Å². The SMILES string of the molecule is CCCCNC(=O)C(Cc1ccccc1)N(Cc1ccccc1Cl)C(=O)CN(c1cc(OC)ccc1OC)S(=O)(=O)c1ccccc1. The normalized spacial score (nSPS) is 11.7. The summed E-state index contributed by atoms with van der Waals surface area (Å²) in [5.74, 6) is -0.374. The lowest BCUT2D eigenvalue weighted by Gasteiger charge is -2.34. The van der Waals surface area contributed by atoms with Gasteiger partial charge in [0.2, 0.25) is 11.8 Å². The van der Waals surface area contributed by atoms with Crippen LogP contribution in [0, 0.1) is 0 Å². The minimum atomic E-state index is -4.32. The Kier molecular flexibility index (Phi) is 12.7. The largest absolute Gasteiger partial charge is 0.497 e. The number of nitrogens with zero attached hydrogens (tertiary/aromatic N) is 2. The number of nitrogens with one attached hydrogen (secondary N) is 1. The molecule has 4 aromatic carbocycles. The van der Waals surface area contributed by atoms with E-state index < -0.39 is 28.5 Å². The minimum Gasteiger partial charge on any atom is -0.497 e. The van der Waals surface area contributed by atoms with Crippen molar-refractivity contribution in [2.24, 2.45) is 0 Å². The molecule has 0 spiro atoms. The Morgan fingerprint density at radius 1 is 0.872 bits per heavy atom. The zero-order valence-corrected chi connectivity index (χ0v) is 28.3. The van der Waals surface area contributed by atoms with Gasteiger partial charge in [0.1, 0.15) is 24.1 Å². The van der Waals surface area contributed by atoms with E-state index in [0.29, 0.717) is 22.9 Å². The fourth-order valence-corrected chi connectivity index (χ4v) is 6.73. The fraction of sp³-hybridized carbons (Fsp3) is 0.278. The molecule has 0 aliphatic carbocycles. The Bertz CT molecular complexity index is 1740. The predicted molar refractivity (Wildman–Crippen MR) is 184 cm³/mol. The number of sulfonamides is 1. The second-order valence-corrected chi connectivity index (χ2v) is 13.1. The first-order valence-electron chi connectivity index (χ1n) is 15.3. The molecule has 2 amide bonds. The number of carbonyl (C=O) groups is 2. The number of methoxy groups -OCH3 is 2. The molecular formula is C36H40ClN3O6S. The van der Waals surface area contributed by atoms with Gasteiger partial charge in [0.05, 0.1) is 24.8 Å². The summed E-state index contributed by atoms with van der Waals surface area (Å²) in [7, 11) is -1.44. The van der Waals surface area contributed by atoms with Crippen LogP contribution in [0.15, 0.2) is 108 Å². The number of ether oxygens (including phenoxy) is 2. The molecule has 0 aliphatic heterocycles. The summed E-state index contributed by atoms with van der Waals surface area (Å²) in [5, 5.41) is 3.40. The average Bonchev–Trinajstić information content (AvgIpc) is 3.09. The predicted octanol–water partition coefficient (Wildman–Crippen LogP) is 6.11. The van der Waals surface area contributed by atoms with Gasteiger partial charge in [-0.15, -0.1) is 0 Å². The highest BCUT2D eigenvalue weighted by Gasteiger charge is 2.36. The van der Waals surface area contributed by atoms with Gasteiger partial charge >= 0.3 is 0 Å². The summed E-state index contributed by atoms with van der Waals surface area (Å²) < 4.78 is 40.6. The van der Waals surface area contributed by atoms with E-state index in [2.05, 4.69) is 5.32 Å². The zero-order valence-electron chi connectivity index (χ0n) is 26.8. The third-order valence-corrected chi connectivity index (χ3v) is 9.81. The summed E-state index contributed by atoms with van der Waals surface area (Å²) in [6, 6.07) is 28.0. The van der Waals surface area contributed by atoms with Gasteiger partial charge in [0.25, 0.3) is 10.0 Å². The van der Waals surface area contributed by atoms with E-state index in [9.17, 15) is 18.0 Å². The number of anilines is 1. The van der Waals surface area contributed by atoms with Crippen LogP contribution in [0.2, 0.25) is 5.02 Å². The van der Waals surface area contributed by atoms with E-state index in [1.54, 1.807) is 54.6 Å². The molecule has 0 bridgehead atoms. The second kappa shape index (κ2) is 16.9. The number of halogens is 1. The van der Waals surface area contributed by atoms with Crippen molar-refractivity contribution in [3.8, 4) is 11.5 Å². The van der Waals surface area contributed by atoms with Crippen molar-refractivity contribution >= 4 is 39.1 Å². The van der Waals surface area contributed by atoms with Gasteiger partial charge in [0, 0.05) is 30.6 Å². The molecule has 0 aromatic heterocycles. The van der Waals surface area contributed by atoms with Crippen LogP contribution in [0.3, 0.4) is 0 Å². The second-order valence-electron chi connectivity index (χ2n) is 10.8. The van der Waals surface area contributed by atoms with E-state index in [0.717, 1.165) is 22.7 Å². The standard InChI is InChI=1S/C36H40ClN3O6S/c1-4-5-22-38-36(42)33(23-27-14-8-6-9-15-27)39(25-28-16-12-13-19-31(28)37)35(41)26-40(47(43,44)30-17-10-7-11-18-30)32-24-29(45-2)20-21-34(32)46-3/h6-21,24,33H,4-5,22-23,25-26H2,1-3H3,(H,38,42). The topological polar surface area (TPSA) is 105 Å². The molecule has 11 heteroatoms. The monoisotopic (exact) mass is 677 g/mol. The molecule has 0 heterocycles. The van der Waals surface area contributed by atoms with Crippen molar-refractivity contribution in [3.05, 3.63) is 119 Å². The molecule has 1 atom stereocenters. The number of unbranched alkanes of at least 4 members (excludes halogenated alkanes) is 1. The van der Waals surface area contributed by atoms with Crippen molar-refractivity contribution in [1.82, 2.24) is 10.2 Å². The smallest absolute Gasteiger partial charge is 0.264 e. The molecule has 248 valence electrons. The summed E-state index contributed by atoms with van der Waals surface area (Å²) >= 11 is 6.57. The highest BCUT2D eigenvalue weighted by molar-refractivity contribution is 7.92. The first kappa shape index (κ1) is 35.3. The summed E-state index contributed by atoms with van der Waals surface area (Å²) in [4.78, 5) is 30.0. The van der Waals surface area contributed by atoms with E-state index >= 15 is 0 Å². The molecule has 4 aromatic rings. The Hall–Kier alpha value is -4.54. The molecule has 9 nitrogen and oxygen atoms in total. The lowest BCUT2D eigenvalue weighted by Crippen LogP contribution is -2.53. The molecule has 0 aliphatic rings. The van der Waals surface area contributed by atoms with Crippen LogP contribution in [-0.2, 0) is 32.6 Å². The molecule has 0 saturated carbocycles. The van der Waals surface area contributed by atoms with Gasteiger partial charge in [-0.05, 0) is 47.9 Å². The maximum atomic E-state index is 14.7. The lowest BCUT2D eigenvalue weighted by molar-refractivity contribution is -0.140. The van der Waals surface area contributed by atoms with Crippen molar-refractivity contribution in [3.63, 3.8) is 0 Å². The molecular weight excluding hydrogens is 638 g/mol. The molecule has 4 rings (SSSR count). The van der Waals surface area contributed by atoms with Gasteiger partial charge in [-0.1, -0.05) is 91.7 Å². The lowest BCUT2D eigenvalue weighted by atomic mass is 10.0. The van der Waals surface area contributed by atoms with Crippen LogP contribution in [-0.4, -0.2) is 58.5 Å². The fourth-order valence-electron chi connectivity index (χ4n) is 5.09. The van der Waals surface area contributed by atoms with Crippen LogP contribution in [0.4, 0.5) is 5.69 Å². The van der Waals surface area contributed by atoms with Crippen LogP contribution in [0.25, 0.3) is 0 Å². The number of hydrogen-bond donors (Lipinski definition) is 1. The summed E-state index contributed by atoms with van der Waals surface area (Å²) in [6.45, 7) is 1.78. The van der Waals surface area contributed by atoms with E-state index in [1.807, 2.05) is 37.3 Å². The van der Waals surface area contributed by atoms with Crippen LogP contribution >= 0.6 is 11.6 Å². The Labute approximate surface area is 282 Å². The Balaban J connectivity index is 1.85. The Morgan fingerprint density at radius 3 is 2.17 bits per heavy atom. The summed E-state index contributed by atoms with van der Waals surface area (Å²) in [5.41, 5.74) is 1.55. The highest BCUT2D eigenvalue weighted by Crippen LogP contribution is 2.36. The molecule has 0 radical (unpaired) electrons. The Morgan fingerprint density at radius 2 is 1.53 bits per heavy atom. The molecule has 0 saturated heterocycles. The van der Waals surface area contributed by atoms with Crippen molar-refractivity contribution in [1.29, 1.82) is 0 Å². The van der Waals surface area contributed by atoms with Crippen molar-refractivity contribution in [2.45, 2.75) is 43.7 Å². The van der Waals surface area contributed by atoms with E-state index in [1.165, 1.54) is 37.3 Å². The molecule has 1 N–H and O–H groups in total. The first-order valence-corrected chi connectivity index (χ1v) is 17.2. The number of amides is 2. The number of benzene rings is 4. The molecule has 47 heavy (non-hydrogen) atoms. The van der Waals surface area contributed by atoms with Gasteiger partial charge in [0.15, 0.2) is 0 Å². The zero-order chi connectivity index (χ0) is 33.8. The number of hydrogen-bond acceptors (Lipinski definition) is 6. The maximum absolute atomic E-state index is 14.7. The van der Waals surface area contributed by atoms with Gasteiger partial charge in [-0.3, -0.25) is 13.9 Å². The maximum Gasteiger partial charge on any atom is 0.264 e.